The fourth-order valence-electron chi connectivity index (χ4n) is 4.97. The number of hydrogen-bond acceptors (Lipinski definition) is 4. The molecule has 5 rings (SSSR count). The van der Waals surface area contributed by atoms with Crippen LogP contribution in [-0.4, -0.2) is 56.8 Å². The largest absolute Gasteiger partial charge is 0.349 e. The summed E-state index contributed by atoms with van der Waals surface area (Å²) in [4.78, 5) is 32.1. The number of aromatic nitrogens is 3. The molecule has 8 heteroatoms. The van der Waals surface area contributed by atoms with Crippen LogP contribution < -0.4 is 10.6 Å². The zero-order valence-electron chi connectivity index (χ0n) is 19.9. The van der Waals surface area contributed by atoms with Crippen LogP contribution >= 0.6 is 0 Å². The number of amides is 3. The topological polar surface area (TPSA) is 92.2 Å². The number of nitrogens with zero attached hydrogens (tertiary/aromatic N) is 4. The second-order valence-corrected chi connectivity index (χ2v) is 9.43. The van der Waals surface area contributed by atoms with Gasteiger partial charge in [0.05, 0.1) is 11.3 Å². The quantitative estimate of drug-likeness (QED) is 0.583. The van der Waals surface area contributed by atoms with Gasteiger partial charge in [0.1, 0.15) is 5.69 Å². The van der Waals surface area contributed by atoms with Crippen molar-refractivity contribution >= 4 is 11.9 Å². The summed E-state index contributed by atoms with van der Waals surface area (Å²) in [5, 5.41) is 11.1. The van der Waals surface area contributed by atoms with E-state index in [9.17, 15) is 9.59 Å². The number of para-hydroxylation sites is 1. The van der Waals surface area contributed by atoms with Gasteiger partial charge >= 0.3 is 6.03 Å². The first-order valence-electron chi connectivity index (χ1n) is 12.6. The molecule has 3 amide bonds. The highest BCUT2D eigenvalue weighted by Crippen LogP contribution is 2.24. The van der Waals surface area contributed by atoms with Gasteiger partial charge in [-0.15, -0.1) is 0 Å². The number of pyridine rings is 1. The van der Waals surface area contributed by atoms with Gasteiger partial charge in [-0.1, -0.05) is 37.5 Å². The molecule has 35 heavy (non-hydrogen) atoms. The minimum Gasteiger partial charge on any atom is -0.349 e. The van der Waals surface area contributed by atoms with Gasteiger partial charge in [0.15, 0.2) is 0 Å². The van der Waals surface area contributed by atoms with Gasteiger partial charge < -0.3 is 15.5 Å². The van der Waals surface area contributed by atoms with E-state index in [1.54, 1.807) is 23.3 Å². The van der Waals surface area contributed by atoms with Gasteiger partial charge in [-0.3, -0.25) is 9.78 Å². The Hall–Kier alpha value is -3.68. The van der Waals surface area contributed by atoms with Crippen molar-refractivity contribution in [1.82, 2.24) is 30.3 Å². The van der Waals surface area contributed by atoms with E-state index in [0.717, 1.165) is 36.9 Å². The maximum Gasteiger partial charge on any atom is 0.317 e. The summed E-state index contributed by atoms with van der Waals surface area (Å²) in [6.45, 7) is 1.28. The van der Waals surface area contributed by atoms with Crippen LogP contribution in [0.15, 0.2) is 61.1 Å². The lowest BCUT2D eigenvalue weighted by molar-refractivity contribution is 0.0918. The molecule has 1 aromatic carbocycles. The average molecular weight is 473 g/mol. The highest BCUT2D eigenvalue weighted by Gasteiger charge is 2.27. The zero-order valence-corrected chi connectivity index (χ0v) is 19.9. The summed E-state index contributed by atoms with van der Waals surface area (Å²) < 4.78 is 1.73. The summed E-state index contributed by atoms with van der Waals surface area (Å²) in [7, 11) is 0. The van der Waals surface area contributed by atoms with E-state index in [-0.39, 0.29) is 18.0 Å². The van der Waals surface area contributed by atoms with Crippen molar-refractivity contribution in [2.24, 2.45) is 0 Å². The van der Waals surface area contributed by atoms with Crippen LogP contribution in [0.25, 0.3) is 16.9 Å². The molecule has 3 aromatic rings. The van der Waals surface area contributed by atoms with Crippen LogP contribution in [0.4, 0.5) is 4.79 Å². The first-order chi connectivity index (χ1) is 17.2. The van der Waals surface area contributed by atoms with Crippen LogP contribution in [0.2, 0.25) is 0 Å². The number of urea groups is 1. The molecular formula is C27H32N6O2. The number of carbonyl (C=O) groups is 2. The molecule has 2 aromatic heterocycles. The molecule has 1 saturated heterocycles. The maximum atomic E-state index is 13.4. The highest BCUT2D eigenvalue weighted by atomic mass is 16.2. The second kappa shape index (κ2) is 10.7. The summed E-state index contributed by atoms with van der Waals surface area (Å²) in [6, 6.07) is 13.8. The van der Waals surface area contributed by atoms with E-state index in [1.807, 2.05) is 47.4 Å². The molecule has 2 aliphatic rings. The summed E-state index contributed by atoms with van der Waals surface area (Å²) in [5.74, 6) is -0.156. The van der Waals surface area contributed by atoms with Crippen LogP contribution in [0.3, 0.4) is 0 Å². The molecule has 0 unspecified atom stereocenters. The molecular weight excluding hydrogens is 440 g/mol. The van der Waals surface area contributed by atoms with Crippen LogP contribution in [0, 0.1) is 0 Å². The van der Waals surface area contributed by atoms with Crippen LogP contribution in [0.5, 0.6) is 0 Å². The average Bonchev–Trinajstić information content (AvgIpc) is 3.37. The Labute approximate surface area is 205 Å². The summed E-state index contributed by atoms with van der Waals surface area (Å²) in [6.07, 6.45) is 12.5. The number of hydrogen-bond donors (Lipinski definition) is 2. The minimum atomic E-state index is -0.156. The first-order valence-corrected chi connectivity index (χ1v) is 12.6. The molecule has 0 spiro atoms. The third-order valence-electron chi connectivity index (χ3n) is 6.96. The minimum absolute atomic E-state index is 0.0167. The van der Waals surface area contributed by atoms with Gasteiger partial charge in [-0.2, -0.15) is 5.10 Å². The molecule has 8 nitrogen and oxygen atoms in total. The van der Waals surface area contributed by atoms with E-state index in [4.69, 9.17) is 5.10 Å². The Kier molecular flexibility index (Phi) is 7.07. The molecule has 0 atom stereocenters. The van der Waals surface area contributed by atoms with Crippen molar-refractivity contribution in [3.05, 3.63) is 66.6 Å². The molecule has 2 N–H and O–H groups in total. The van der Waals surface area contributed by atoms with E-state index in [1.165, 1.54) is 19.3 Å². The Morgan fingerprint density at radius 1 is 0.857 bits per heavy atom. The van der Waals surface area contributed by atoms with Crippen molar-refractivity contribution in [2.45, 2.75) is 57.0 Å². The Balaban J connectivity index is 1.24. The van der Waals surface area contributed by atoms with Gasteiger partial charge in [0.2, 0.25) is 0 Å². The van der Waals surface area contributed by atoms with Crippen molar-refractivity contribution in [3.63, 3.8) is 0 Å². The lowest BCUT2D eigenvalue weighted by Crippen LogP contribution is -2.51. The monoisotopic (exact) mass is 472 g/mol. The van der Waals surface area contributed by atoms with Gasteiger partial charge in [-0.25, -0.2) is 9.48 Å². The molecule has 0 bridgehead atoms. The Morgan fingerprint density at radius 3 is 2.31 bits per heavy atom. The van der Waals surface area contributed by atoms with Gasteiger partial charge in [0.25, 0.3) is 5.91 Å². The number of rotatable bonds is 5. The number of benzene rings is 1. The van der Waals surface area contributed by atoms with Crippen molar-refractivity contribution in [1.29, 1.82) is 0 Å². The SMILES string of the molecule is O=C(NC1CCN(C(=O)NC2CCCCC2)CC1)c1cn(-c2ccccc2)nc1-c1cccnc1. The zero-order chi connectivity index (χ0) is 24.0. The molecule has 2 fully saturated rings. The smallest absolute Gasteiger partial charge is 0.317 e. The number of nitrogens with one attached hydrogen (secondary N) is 2. The number of piperidine rings is 1. The van der Waals surface area contributed by atoms with E-state index >= 15 is 0 Å². The fraction of sp³-hybridized carbons (Fsp3) is 0.407. The summed E-state index contributed by atoms with van der Waals surface area (Å²) in [5.41, 5.74) is 2.79. The number of likely N-dealkylation sites (tertiary alicyclic amines) is 1. The fourth-order valence-corrected chi connectivity index (χ4v) is 4.97. The van der Waals surface area contributed by atoms with Gasteiger partial charge in [0, 0.05) is 49.3 Å². The predicted molar refractivity (Wildman–Crippen MR) is 134 cm³/mol. The van der Waals surface area contributed by atoms with E-state index < -0.39 is 0 Å². The first kappa shape index (κ1) is 23.1. The predicted octanol–water partition coefficient (Wildman–Crippen LogP) is 4.17. The Morgan fingerprint density at radius 2 is 1.60 bits per heavy atom. The van der Waals surface area contributed by atoms with Crippen LogP contribution in [-0.2, 0) is 0 Å². The van der Waals surface area contributed by atoms with E-state index in [2.05, 4.69) is 15.6 Å². The third kappa shape index (κ3) is 5.53. The molecule has 182 valence electrons. The maximum absolute atomic E-state index is 13.4. The Bertz CT molecular complexity index is 1130. The molecule has 1 aliphatic carbocycles. The lowest BCUT2D eigenvalue weighted by Gasteiger charge is -2.34. The molecule has 1 aliphatic heterocycles. The number of carbonyl (C=O) groups excluding carboxylic acids is 2. The lowest BCUT2D eigenvalue weighted by atomic mass is 9.95. The second-order valence-electron chi connectivity index (χ2n) is 9.43. The highest BCUT2D eigenvalue weighted by molar-refractivity contribution is 6.00. The van der Waals surface area contributed by atoms with Crippen molar-refractivity contribution < 1.29 is 9.59 Å². The van der Waals surface area contributed by atoms with Crippen molar-refractivity contribution in [3.8, 4) is 16.9 Å². The summed E-state index contributed by atoms with van der Waals surface area (Å²) >= 11 is 0. The van der Waals surface area contributed by atoms with Crippen molar-refractivity contribution in [2.75, 3.05) is 13.1 Å². The molecule has 1 saturated carbocycles. The molecule has 3 heterocycles. The third-order valence-corrected chi connectivity index (χ3v) is 6.96. The van der Waals surface area contributed by atoms with E-state index in [0.29, 0.717) is 30.4 Å². The normalized spacial score (nSPS) is 17.2. The molecule has 0 radical (unpaired) electrons. The standard InChI is InChI=1S/C27H32N6O2/c34-26(29-22-13-16-32(17-14-22)27(35)30-21-9-3-1-4-10-21)24-19-33(23-11-5-2-6-12-23)31-25(24)20-8-7-15-28-18-20/h2,5-8,11-12,15,18-19,21-22H,1,3-4,9-10,13-14,16-17H2,(H,29,34)(H,30,35). The van der Waals surface area contributed by atoms with Crippen LogP contribution in [0.1, 0.15) is 55.3 Å². The van der Waals surface area contributed by atoms with Gasteiger partial charge in [-0.05, 0) is 49.9 Å².